The maximum Gasteiger partial charge on any atom is 0.256 e. The first kappa shape index (κ1) is 17.8. The van der Waals surface area contributed by atoms with Crippen LogP contribution in [-0.2, 0) is 4.79 Å². The van der Waals surface area contributed by atoms with Crippen molar-refractivity contribution in [1.29, 1.82) is 0 Å². The Morgan fingerprint density at radius 2 is 1.72 bits per heavy atom. The van der Waals surface area contributed by atoms with Crippen molar-refractivity contribution in [1.82, 2.24) is 5.32 Å². The summed E-state index contributed by atoms with van der Waals surface area (Å²) in [7, 11) is 0. The summed E-state index contributed by atoms with van der Waals surface area (Å²) in [5, 5.41) is 23.5. The molecule has 1 unspecified atom stereocenters. The average Bonchev–Trinajstić information content (AvgIpc) is 2.79. The number of hydrogen-bond donors (Lipinski definition) is 3. The van der Waals surface area contributed by atoms with Crippen LogP contribution >= 0.6 is 23.2 Å². The summed E-state index contributed by atoms with van der Waals surface area (Å²) in [5.74, 6) is -0.523. The maximum atomic E-state index is 12.4. The molecule has 1 atom stereocenters. The Balaban J connectivity index is 2.11. The second-order valence-electron chi connectivity index (χ2n) is 6.18. The van der Waals surface area contributed by atoms with E-state index in [0.717, 1.165) is 11.1 Å². The first-order valence-electron chi connectivity index (χ1n) is 7.78. The molecule has 2 aromatic carbocycles. The summed E-state index contributed by atoms with van der Waals surface area (Å²) in [4.78, 5) is 12.4. The lowest BCUT2D eigenvalue weighted by Crippen LogP contribution is -2.42. The normalized spacial score (nSPS) is 20.1. The summed E-state index contributed by atoms with van der Waals surface area (Å²) in [5.41, 5.74) is 1.35. The predicted octanol–water partition coefficient (Wildman–Crippen LogP) is 4.20. The van der Waals surface area contributed by atoms with Gasteiger partial charge in [-0.1, -0.05) is 41.4 Å². The van der Waals surface area contributed by atoms with Gasteiger partial charge in [-0.3, -0.25) is 4.79 Å². The highest BCUT2D eigenvalue weighted by molar-refractivity contribution is 6.35. The molecule has 130 valence electrons. The molecule has 1 aliphatic rings. The first-order valence-corrected chi connectivity index (χ1v) is 8.54. The molecule has 0 saturated carbocycles. The van der Waals surface area contributed by atoms with Crippen molar-refractivity contribution in [2.24, 2.45) is 0 Å². The summed E-state index contributed by atoms with van der Waals surface area (Å²) >= 11 is 12.2. The zero-order valence-corrected chi connectivity index (χ0v) is 15.0. The smallest absolute Gasteiger partial charge is 0.256 e. The van der Waals surface area contributed by atoms with E-state index in [9.17, 15) is 15.0 Å². The minimum atomic E-state index is -0.999. The van der Waals surface area contributed by atoms with Crippen LogP contribution in [-0.4, -0.2) is 28.3 Å². The Bertz CT molecular complexity index is 861. The third-order valence-electron chi connectivity index (χ3n) is 4.40. The van der Waals surface area contributed by atoms with E-state index in [1.165, 1.54) is 0 Å². The van der Waals surface area contributed by atoms with Crippen molar-refractivity contribution in [3.8, 4) is 11.1 Å². The topological polar surface area (TPSA) is 69.6 Å². The lowest BCUT2D eigenvalue weighted by Gasteiger charge is -2.23. The van der Waals surface area contributed by atoms with Crippen LogP contribution in [0.5, 0.6) is 0 Å². The van der Waals surface area contributed by atoms with Gasteiger partial charge in [-0.15, -0.1) is 0 Å². The molecule has 25 heavy (non-hydrogen) atoms. The van der Waals surface area contributed by atoms with Gasteiger partial charge in [0.15, 0.2) is 0 Å². The minimum Gasteiger partial charge on any atom is -0.509 e. The van der Waals surface area contributed by atoms with Gasteiger partial charge in [0, 0.05) is 28.6 Å². The number of carbonyl (C=O) groups excluding carboxylic acids is 1. The van der Waals surface area contributed by atoms with Crippen LogP contribution in [0.2, 0.25) is 10.0 Å². The quantitative estimate of drug-likeness (QED) is 0.747. The van der Waals surface area contributed by atoms with E-state index in [1.807, 2.05) is 18.2 Å². The SMILES string of the molecule is CC1(CCO)NC(=O)C(c2cc(-c3ccc(Cl)cc3)ccc2Cl)=C1O. The molecule has 1 amide bonds. The van der Waals surface area contributed by atoms with Gasteiger partial charge in [-0.2, -0.15) is 0 Å². The highest BCUT2D eigenvalue weighted by atomic mass is 35.5. The number of aliphatic hydroxyl groups excluding tert-OH is 2. The van der Waals surface area contributed by atoms with Crippen LogP contribution in [0.1, 0.15) is 18.9 Å². The van der Waals surface area contributed by atoms with Crippen molar-refractivity contribution in [2.45, 2.75) is 18.9 Å². The molecule has 3 N–H and O–H groups in total. The summed E-state index contributed by atoms with van der Waals surface area (Å²) in [6.07, 6.45) is 0.211. The van der Waals surface area contributed by atoms with E-state index in [2.05, 4.69) is 5.32 Å². The molecule has 1 aliphatic heterocycles. The van der Waals surface area contributed by atoms with E-state index in [0.29, 0.717) is 15.6 Å². The third-order valence-corrected chi connectivity index (χ3v) is 4.98. The number of amides is 1. The number of benzene rings is 2. The van der Waals surface area contributed by atoms with E-state index < -0.39 is 11.4 Å². The molecule has 1 heterocycles. The predicted molar refractivity (Wildman–Crippen MR) is 99.7 cm³/mol. The van der Waals surface area contributed by atoms with E-state index in [4.69, 9.17) is 23.2 Å². The van der Waals surface area contributed by atoms with Gasteiger partial charge in [-0.25, -0.2) is 0 Å². The summed E-state index contributed by atoms with van der Waals surface area (Å²) in [6.45, 7) is 1.51. The fraction of sp³-hybridized carbons (Fsp3) is 0.211. The molecule has 3 rings (SSSR count). The van der Waals surface area contributed by atoms with E-state index in [-0.39, 0.29) is 24.4 Å². The molecule has 0 aromatic heterocycles. The van der Waals surface area contributed by atoms with Gasteiger partial charge in [0.25, 0.3) is 5.91 Å². The Morgan fingerprint density at radius 1 is 1.08 bits per heavy atom. The monoisotopic (exact) mass is 377 g/mol. The van der Waals surface area contributed by atoms with Crippen molar-refractivity contribution < 1.29 is 15.0 Å². The summed E-state index contributed by atoms with van der Waals surface area (Å²) in [6, 6.07) is 12.6. The zero-order chi connectivity index (χ0) is 18.2. The van der Waals surface area contributed by atoms with Gasteiger partial charge < -0.3 is 15.5 Å². The minimum absolute atomic E-state index is 0.110. The number of carbonyl (C=O) groups is 1. The van der Waals surface area contributed by atoms with Crippen LogP contribution in [0.25, 0.3) is 16.7 Å². The van der Waals surface area contributed by atoms with Crippen molar-refractivity contribution in [3.05, 3.63) is 63.8 Å². The molecule has 2 aromatic rings. The second kappa shape index (κ2) is 6.71. The molecule has 4 nitrogen and oxygen atoms in total. The van der Waals surface area contributed by atoms with Crippen LogP contribution in [0.3, 0.4) is 0 Å². The zero-order valence-electron chi connectivity index (χ0n) is 13.5. The molecule has 0 spiro atoms. The molecule has 6 heteroatoms. The Kier molecular flexibility index (Phi) is 4.78. The molecular weight excluding hydrogens is 361 g/mol. The van der Waals surface area contributed by atoms with Crippen molar-refractivity contribution >= 4 is 34.7 Å². The molecule has 0 radical (unpaired) electrons. The standard InChI is InChI=1S/C19H17Cl2NO3/c1-19(8-9-23)17(24)16(18(25)22-19)14-10-12(4-7-15(14)21)11-2-5-13(20)6-3-11/h2-7,10,23-24H,8-9H2,1H3,(H,22,25). The van der Waals surface area contributed by atoms with Gasteiger partial charge in [0.1, 0.15) is 5.76 Å². The molecule has 0 bridgehead atoms. The van der Waals surface area contributed by atoms with Crippen molar-refractivity contribution in [2.75, 3.05) is 6.61 Å². The van der Waals surface area contributed by atoms with Gasteiger partial charge >= 0.3 is 0 Å². The summed E-state index contributed by atoms with van der Waals surface area (Å²) < 4.78 is 0. The third kappa shape index (κ3) is 3.25. The fourth-order valence-corrected chi connectivity index (χ4v) is 3.29. The number of nitrogens with one attached hydrogen (secondary N) is 1. The van der Waals surface area contributed by atoms with E-state index >= 15 is 0 Å². The van der Waals surface area contributed by atoms with Gasteiger partial charge in [0.2, 0.25) is 0 Å². The maximum absolute atomic E-state index is 12.4. The van der Waals surface area contributed by atoms with E-state index in [1.54, 1.807) is 31.2 Å². The number of hydrogen-bond acceptors (Lipinski definition) is 3. The Hall–Kier alpha value is -2.01. The Morgan fingerprint density at radius 3 is 2.36 bits per heavy atom. The van der Waals surface area contributed by atoms with Crippen molar-refractivity contribution in [3.63, 3.8) is 0 Å². The largest absolute Gasteiger partial charge is 0.509 e. The van der Waals surface area contributed by atoms with Crippen LogP contribution in [0.4, 0.5) is 0 Å². The molecule has 0 aliphatic carbocycles. The number of halogens is 2. The van der Waals surface area contributed by atoms with Gasteiger partial charge in [-0.05, 0) is 42.3 Å². The molecule has 0 fully saturated rings. The van der Waals surface area contributed by atoms with Crippen LogP contribution < -0.4 is 5.32 Å². The number of rotatable bonds is 4. The highest BCUT2D eigenvalue weighted by Gasteiger charge is 2.42. The lowest BCUT2D eigenvalue weighted by molar-refractivity contribution is -0.116. The van der Waals surface area contributed by atoms with Crippen LogP contribution in [0, 0.1) is 0 Å². The Labute approximate surface area is 155 Å². The van der Waals surface area contributed by atoms with Crippen LogP contribution in [0.15, 0.2) is 48.2 Å². The average molecular weight is 378 g/mol. The second-order valence-corrected chi connectivity index (χ2v) is 7.03. The molecular formula is C19H17Cl2NO3. The number of aliphatic hydroxyl groups is 2. The molecule has 0 saturated heterocycles. The lowest BCUT2D eigenvalue weighted by atomic mass is 9.93. The highest BCUT2D eigenvalue weighted by Crippen LogP contribution is 2.38. The fourth-order valence-electron chi connectivity index (χ4n) is 2.95. The van der Waals surface area contributed by atoms with Gasteiger partial charge in [0.05, 0.1) is 11.1 Å². The first-order chi connectivity index (χ1) is 11.9.